The van der Waals surface area contributed by atoms with Gasteiger partial charge in [0.05, 0.1) is 42.4 Å². The van der Waals surface area contributed by atoms with Gasteiger partial charge in [0.1, 0.15) is 0 Å². The highest BCUT2D eigenvalue weighted by Crippen LogP contribution is 2.36. The van der Waals surface area contributed by atoms with Gasteiger partial charge in [-0.3, -0.25) is 14.3 Å². The molecule has 0 aliphatic rings. The predicted molar refractivity (Wildman–Crippen MR) is 113 cm³/mol. The lowest BCUT2D eigenvalue weighted by molar-refractivity contribution is -0.121. The van der Waals surface area contributed by atoms with Gasteiger partial charge in [0.2, 0.25) is 11.8 Å². The third kappa shape index (κ3) is 5.74. The van der Waals surface area contributed by atoms with Crippen LogP contribution in [-0.2, 0) is 16.6 Å². The zero-order chi connectivity index (χ0) is 21.6. The molecule has 9 heteroatoms. The summed E-state index contributed by atoms with van der Waals surface area (Å²) in [6, 6.07) is 3.38. The smallest absolute Gasteiger partial charge is 0.244 e. The van der Waals surface area contributed by atoms with E-state index >= 15 is 0 Å². The number of carbonyl (C=O) groups excluding carboxylic acids is 2. The largest absolute Gasteiger partial charge is 0.491 e. The molecule has 2 aromatic rings. The molecule has 0 radical (unpaired) electrons. The molecule has 29 heavy (non-hydrogen) atoms. The second-order valence-electron chi connectivity index (χ2n) is 6.24. The van der Waals surface area contributed by atoms with E-state index in [2.05, 4.69) is 15.7 Å². The van der Waals surface area contributed by atoms with E-state index in [1.54, 1.807) is 36.9 Å². The summed E-state index contributed by atoms with van der Waals surface area (Å²) in [6.45, 7) is 5.80. The van der Waals surface area contributed by atoms with E-state index in [1.165, 1.54) is 13.2 Å². The quantitative estimate of drug-likeness (QED) is 0.640. The topological polar surface area (TPSA) is 94.5 Å². The van der Waals surface area contributed by atoms with E-state index in [1.807, 2.05) is 13.8 Å². The third-order valence-electron chi connectivity index (χ3n) is 4.16. The van der Waals surface area contributed by atoms with Gasteiger partial charge in [0.15, 0.2) is 11.5 Å². The zero-order valence-electron chi connectivity index (χ0n) is 17.1. The number of anilines is 1. The summed E-state index contributed by atoms with van der Waals surface area (Å²) in [5.41, 5.74) is 2.87. The number of halogens is 1. The summed E-state index contributed by atoms with van der Waals surface area (Å²) in [5.74, 6) is 0.179. The molecule has 1 aromatic carbocycles. The van der Waals surface area contributed by atoms with Gasteiger partial charge in [0.25, 0.3) is 0 Å². The number of aromatic nitrogens is 2. The monoisotopic (exact) mass is 420 g/mol. The number of rotatable bonds is 8. The molecule has 0 bridgehead atoms. The molecule has 0 fully saturated rings. The maximum absolute atomic E-state index is 12.1. The van der Waals surface area contributed by atoms with Crippen LogP contribution in [0.5, 0.6) is 11.5 Å². The number of benzene rings is 1. The van der Waals surface area contributed by atoms with Gasteiger partial charge in [-0.05, 0) is 44.5 Å². The maximum atomic E-state index is 12.1. The molecule has 2 rings (SSSR count). The van der Waals surface area contributed by atoms with Crippen molar-refractivity contribution in [2.45, 2.75) is 20.8 Å². The highest BCUT2D eigenvalue weighted by molar-refractivity contribution is 6.32. The van der Waals surface area contributed by atoms with Crippen LogP contribution in [0.15, 0.2) is 18.2 Å². The fraction of sp³-hybridized carbons (Fsp3) is 0.350. The zero-order valence-corrected chi connectivity index (χ0v) is 17.9. The van der Waals surface area contributed by atoms with Gasteiger partial charge in [-0.15, -0.1) is 0 Å². The molecule has 0 aliphatic heterocycles. The Labute approximate surface area is 174 Å². The maximum Gasteiger partial charge on any atom is 0.244 e. The van der Waals surface area contributed by atoms with Crippen molar-refractivity contribution in [1.82, 2.24) is 15.1 Å². The Morgan fingerprint density at radius 1 is 1.31 bits per heavy atom. The molecule has 2 N–H and O–H groups in total. The van der Waals surface area contributed by atoms with Crippen molar-refractivity contribution in [2.24, 2.45) is 7.05 Å². The Morgan fingerprint density at radius 2 is 2.03 bits per heavy atom. The molecule has 156 valence electrons. The van der Waals surface area contributed by atoms with E-state index in [0.29, 0.717) is 40.1 Å². The highest BCUT2D eigenvalue weighted by Gasteiger charge is 2.13. The first-order valence-electron chi connectivity index (χ1n) is 9.03. The number of carbonyl (C=O) groups is 2. The second-order valence-corrected chi connectivity index (χ2v) is 6.64. The van der Waals surface area contributed by atoms with Crippen molar-refractivity contribution in [1.29, 1.82) is 0 Å². The van der Waals surface area contributed by atoms with Gasteiger partial charge in [-0.2, -0.15) is 5.10 Å². The number of methoxy groups -OCH3 is 1. The average molecular weight is 421 g/mol. The van der Waals surface area contributed by atoms with E-state index in [0.717, 1.165) is 5.69 Å². The standard InChI is InChI=1S/C20H25ClN4O4/c1-6-29-16-10-14(9-15(21)20(16)28-5)7-8-17(26)22-11-18(27)23-19-12(2)24-25(4)13(19)3/h7-10H,6,11H2,1-5H3,(H,22,26)(H,23,27)/b8-7+. The van der Waals surface area contributed by atoms with Crippen LogP contribution in [-0.4, -0.2) is 41.9 Å². The molecule has 1 heterocycles. The van der Waals surface area contributed by atoms with Crippen molar-refractivity contribution >= 4 is 35.2 Å². The van der Waals surface area contributed by atoms with Crippen LogP contribution in [0.3, 0.4) is 0 Å². The van der Waals surface area contributed by atoms with Crippen LogP contribution in [0.2, 0.25) is 5.02 Å². The first kappa shape index (κ1) is 22.3. The van der Waals surface area contributed by atoms with Crippen LogP contribution in [0, 0.1) is 13.8 Å². The first-order chi connectivity index (χ1) is 13.8. The molecule has 0 unspecified atom stereocenters. The molecule has 0 saturated heterocycles. The van der Waals surface area contributed by atoms with E-state index in [-0.39, 0.29) is 12.5 Å². The molecule has 2 amide bonds. The van der Waals surface area contributed by atoms with Crippen LogP contribution >= 0.6 is 11.6 Å². The number of ether oxygens (including phenoxy) is 2. The summed E-state index contributed by atoms with van der Waals surface area (Å²) in [7, 11) is 3.30. The predicted octanol–water partition coefficient (Wildman–Crippen LogP) is 2.87. The van der Waals surface area contributed by atoms with Gasteiger partial charge in [0, 0.05) is 13.1 Å². The molecular weight excluding hydrogens is 396 g/mol. The molecule has 0 saturated carbocycles. The molecular formula is C20H25ClN4O4. The molecule has 0 aliphatic carbocycles. The summed E-state index contributed by atoms with van der Waals surface area (Å²) >= 11 is 6.19. The minimum Gasteiger partial charge on any atom is -0.491 e. The van der Waals surface area contributed by atoms with Gasteiger partial charge in [-0.1, -0.05) is 11.6 Å². The van der Waals surface area contributed by atoms with E-state index in [4.69, 9.17) is 21.1 Å². The fourth-order valence-corrected chi connectivity index (χ4v) is 2.98. The summed E-state index contributed by atoms with van der Waals surface area (Å²) in [6.07, 6.45) is 2.90. The van der Waals surface area contributed by atoms with Crippen molar-refractivity contribution < 1.29 is 19.1 Å². The third-order valence-corrected chi connectivity index (χ3v) is 4.44. The number of nitrogens with one attached hydrogen (secondary N) is 2. The van der Waals surface area contributed by atoms with Gasteiger partial charge in [-0.25, -0.2) is 0 Å². The number of hydrogen-bond donors (Lipinski definition) is 2. The highest BCUT2D eigenvalue weighted by atomic mass is 35.5. The number of nitrogens with zero attached hydrogens (tertiary/aromatic N) is 2. The minimum atomic E-state index is -0.412. The fourth-order valence-electron chi connectivity index (χ4n) is 2.68. The second kappa shape index (κ2) is 9.97. The van der Waals surface area contributed by atoms with Crippen LogP contribution in [0.25, 0.3) is 6.08 Å². The summed E-state index contributed by atoms with van der Waals surface area (Å²) < 4.78 is 12.4. The van der Waals surface area contributed by atoms with Crippen molar-refractivity contribution in [3.8, 4) is 11.5 Å². The number of amides is 2. The summed E-state index contributed by atoms with van der Waals surface area (Å²) in [5, 5.41) is 9.91. The van der Waals surface area contributed by atoms with Crippen molar-refractivity contribution in [3.05, 3.63) is 40.2 Å². The van der Waals surface area contributed by atoms with Gasteiger partial charge >= 0.3 is 0 Å². The van der Waals surface area contributed by atoms with Gasteiger partial charge < -0.3 is 20.1 Å². The Morgan fingerprint density at radius 3 is 2.62 bits per heavy atom. The Kier molecular flexibility index (Phi) is 7.67. The number of hydrogen-bond acceptors (Lipinski definition) is 5. The van der Waals surface area contributed by atoms with Crippen LogP contribution < -0.4 is 20.1 Å². The van der Waals surface area contributed by atoms with E-state index < -0.39 is 5.91 Å². The summed E-state index contributed by atoms with van der Waals surface area (Å²) in [4.78, 5) is 24.1. The molecule has 1 aromatic heterocycles. The van der Waals surface area contributed by atoms with Crippen molar-refractivity contribution in [3.63, 3.8) is 0 Å². The number of aryl methyl sites for hydroxylation is 2. The molecule has 0 atom stereocenters. The molecule has 0 spiro atoms. The van der Waals surface area contributed by atoms with E-state index in [9.17, 15) is 9.59 Å². The SMILES string of the molecule is CCOc1cc(/C=C/C(=O)NCC(=O)Nc2c(C)nn(C)c2C)cc(Cl)c1OC. The Hall–Kier alpha value is -3.00. The first-order valence-corrected chi connectivity index (χ1v) is 9.40. The normalized spacial score (nSPS) is 10.8. The Bertz CT molecular complexity index is 937. The minimum absolute atomic E-state index is 0.162. The van der Waals surface area contributed by atoms with Crippen molar-refractivity contribution in [2.75, 3.05) is 25.6 Å². The lowest BCUT2D eigenvalue weighted by Crippen LogP contribution is -2.31. The lowest BCUT2D eigenvalue weighted by Gasteiger charge is -2.11. The Balaban J connectivity index is 1.96. The lowest BCUT2D eigenvalue weighted by atomic mass is 10.2. The molecule has 8 nitrogen and oxygen atoms in total. The van der Waals surface area contributed by atoms with Crippen LogP contribution in [0.1, 0.15) is 23.9 Å². The van der Waals surface area contributed by atoms with Crippen LogP contribution in [0.4, 0.5) is 5.69 Å². The average Bonchev–Trinajstić information content (AvgIpc) is 2.91.